The first-order chi connectivity index (χ1) is 12.9. The highest BCUT2D eigenvalue weighted by Gasteiger charge is 2.27. The van der Waals surface area contributed by atoms with Gasteiger partial charge in [-0.2, -0.15) is 0 Å². The van der Waals surface area contributed by atoms with Crippen LogP contribution in [-0.2, 0) is 11.3 Å². The standard InChI is InChI=1S/C20H24ClN3O2S/c1-13(2)18(25)22-10-17-12-27-19(23-17)15-6-4-8-24(11-15)20(26)14-5-3-7-16(21)9-14/h3,5,7,9,12-13,15H,4,6,8,10-11H2,1-2H3,(H,22,25). The van der Waals surface area contributed by atoms with Crippen LogP contribution in [0.3, 0.4) is 0 Å². The lowest BCUT2D eigenvalue weighted by molar-refractivity contribution is -0.124. The summed E-state index contributed by atoms with van der Waals surface area (Å²) in [4.78, 5) is 31.1. The van der Waals surface area contributed by atoms with Crippen molar-refractivity contribution in [2.45, 2.75) is 39.2 Å². The minimum Gasteiger partial charge on any atom is -0.350 e. The average Bonchev–Trinajstić information content (AvgIpc) is 3.14. The normalized spacial score (nSPS) is 17.2. The first kappa shape index (κ1) is 19.8. The Morgan fingerprint density at radius 2 is 2.22 bits per heavy atom. The van der Waals surface area contributed by atoms with Crippen molar-refractivity contribution in [1.29, 1.82) is 0 Å². The van der Waals surface area contributed by atoms with E-state index in [1.165, 1.54) is 0 Å². The molecule has 1 aliphatic rings. The van der Waals surface area contributed by atoms with Crippen LogP contribution in [0.2, 0.25) is 5.02 Å². The van der Waals surface area contributed by atoms with Crippen LogP contribution in [-0.4, -0.2) is 34.8 Å². The summed E-state index contributed by atoms with van der Waals surface area (Å²) in [6.45, 7) is 5.61. The van der Waals surface area contributed by atoms with E-state index in [0.29, 0.717) is 23.7 Å². The third kappa shape index (κ3) is 5.08. The number of carbonyl (C=O) groups excluding carboxylic acids is 2. The summed E-state index contributed by atoms with van der Waals surface area (Å²) in [6.07, 6.45) is 1.97. The molecule has 1 N–H and O–H groups in total. The van der Waals surface area contributed by atoms with Crippen molar-refractivity contribution >= 4 is 34.8 Å². The number of nitrogens with one attached hydrogen (secondary N) is 1. The molecule has 5 nitrogen and oxygen atoms in total. The molecule has 0 radical (unpaired) electrons. The van der Waals surface area contributed by atoms with Gasteiger partial charge in [0, 0.05) is 40.9 Å². The molecule has 1 unspecified atom stereocenters. The number of thiazole rings is 1. The summed E-state index contributed by atoms with van der Waals surface area (Å²) in [5.74, 6) is 0.248. The van der Waals surface area contributed by atoms with Gasteiger partial charge >= 0.3 is 0 Å². The fourth-order valence-electron chi connectivity index (χ4n) is 3.14. The summed E-state index contributed by atoms with van der Waals surface area (Å²) in [6, 6.07) is 7.09. The van der Waals surface area contributed by atoms with E-state index < -0.39 is 0 Å². The van der Waals surface area contributed by atoms with Crippen LogP contribution in [0.1, 0.15) is 53.7 Å². The molecule has 1 aromatic carbocycles. The molecule has 0 aliphatic carbocycles. The number of aromatic nitrogens is 1. The van der Waals surface area contributed by atoms with E-state index >= 15 is 0 Å². The van der Waals surface area contributed by atoms with Gasteiger partial charge in [0.05, 0.1) is 17.2 Å². The Morgan fingerprint density at radius 1 is 1.41 bits per heavy atom. The Balaban J connectivity index is 1.63. The second-order valence-electron chi connectivity index (χ2n) is 7.15. The highest BCUT2D eigenvalue weighted by molar-refractivity contribution is 7.09. The molecule has 1 aliphatic heterocycles. The topological polar surface area (TPSA) is 62.3 Å². The average molecular weight is 406 g/mol. The van der Waals surface area contributed by atoms with E-state index in [2.05, 4.69) is 5.32 Å². The summed E-state index contributed by atoms with van der Waals surface area (Å²) in [5.41, 5.74) is 1.50. The number of amides is 2. The van der Waals surface area contributed by atoms with Gasteiger partial charge in [0.2, 0.25) is 5.91 Å². The Morgan fingerprint density at radius 3 is 2.96 bits per heavy atom. The zero-order valence-corrected chi connectivity index (χ0v) is 17.1. The van der Waals surface area contributed by atoms with Gasteiger partial charge in [-0.05, 0) is 31.0 Å². The number of carbonyl (C=O) groups is 2. The van der Waals surface area contributed by atoms with Crippen molar-refractivity contribution in [3.8, 4) is 0 Å². The van der Waals surface area contributed by atoms with Gasteiger partial charge in [0.15, 0.2) is 0 Å². The second kappa shape index (κ2) is 8.85. The van der Waals surface area contributed by atoms with E-state index in [9.17, 15) is 9.59 Å². The van der Waals surface area contributed by atoms with E-state index in [-0.39, 0.29) is 23.7 Å². The van der Waals surface area contributed by atoms with Crippen LogP contribution in [0, 0.1) is 5.92 Å². The molecule has 2 heterocycles. The van der Waals surface area contributed by atoms with E-state index in [1.54, 1.807) is 35.6 Å². The number of benzene rings is 1. The zero-order chi connectivity index (χ0) is 19.4. The summed E-state index contributed by atoms with van der Waals surface area (Å²) < 4.78 is 0. The molecule has 27 heavy (non-hydrogen) atoms. The highest BCUT2D eigenvalue weighted by Crippen LogP contribution is 2.30. The molecule has 1 fully saturated rings. The predicted octanol–water partition coefficient (Wildman–Crippen LogP) is 4.09. The monoisotopic (exact) mass is 405 g/mol. The lowest BCUT2D eigenvalue weighted by Crippen LogP contribution is -2.39. The smallest absolute Gasteiger partial charge is 0.253 e. The molecule has 1 saturated heterocycles. The number of likely N-dealkylation sites (tertiary alicyclic amines) is 1. The van der Waals surface area contributed by atoms with Gasteiger partial charge in [-0.15, -0.1) is 11.3 Å². The van der Waals surface area contributed by atoms with Crippen LogP contribution in [0.5, 0.6) is 0 Å². The molecule has 2 amide bonds. The third-order valence-corrected chi connectivity index (χ3v) is 5.96. The molecule has 0 bridgehead atoms. The zero-order valence-electron chi connectivity index (χ0n) is 15.6. The van der Waals surface area contributed by atoms with Crippen molar-refractivity contribution in [3.05, 3.63) is 50.9 Å². The maximum absolute atomic E-state index is 12.8. The van der Waals surface area contributed by atoms with Crippen LogP contribution in [0.25, 0.3) is 0 Å². The third-order valence-electron chi connectivity index (χ3n) is 4.67. The minimum atomic E-state index is -0.0347. The molecule has 7 heteroatoms. The molecule has 0 saturated carbocycles. The fraction of sp³-hybridized carbons (Fsp3) is 0.450. The van der Waals surface area contributed by atoms with Crippen molar-refractivity contribution in [3.63, 3.8) is 0 Å². The van der Waals surface area contributed by atoms with Crippen molar-refractivity contribution in [2.75, 3.05) is 13.1 Å². The predicted molar refractivity (Wildman–Crippen MR) is 108 cm³/mol. The number of piperidine rings is 1. The molecule has 2 aromatic rings. The molecule has 1 aromatic heterocycles. The summed E-state index contributed by atoms with van der Waals surface area (Å²) in [5, 5.41) is 6.50. The van der Waals surface area contributed by atoms with Gasteiger partial charge in [-0.25, -0.2) is 4.98 Å². The lowest BCUT2D eigenvalue weighted by atomic mass is 9.98. The molecular formula is C20H24ClN3O2S. The molecular weight excluding hydrogens is 382 g/mol. The van der Waals surface area contributed by atoms with Crippen LogP contribution < -0.4 is 5.32 Å². The number of rotatable bonds is 5. The fourth-order valence-corrected chi connectivity index (χ4v) is 4.28. The van der Waals surface area contributed by atoms with Crippen LogP contribution >= 0.6 is 22.9 Å². The van der Waals surface area contributed by atoms with Crippen molar-refractivity contribution < 1.29 is 9.59 Å². The number of nitrogens with zero attached hydrogens (tertiary/aromatic N) is 2. The van der Waals surface area contributed by atoms with Gasteiger partial charge in [-0.1, -0.05) is 31.5 Å². The Bertz CT molecular complexity index is 821. The summed E-state index contributed by atoms with van der Waals surface area (Å²) in [7, 11) is 0. The highest BCUT2D eigenvalue weighted by atomic mass is 35.5. The second-order valence-corrected chi connectivity index (χ2v) is 8.48. The van der Waals surface area contributed by atoms with Crippen LogP contribution in [0.15, 0.2) is 29.6 Å². The largest absolute Gasteiger partial charge is 0.350 e. The van der Waals surface area contributed by atoms with Gasteiger partial charge in [0.25, 0.3) is 5.91 Å². The number of hydrogen-bond acceptors (Lipinski definition) is 4. The van der Waals surface area contributed by atoms with Gasteiger partial charge < -0.3 is 10.2 Å². The van der Waals surface area contributed by atoms with Gasteiger partial charge in [-0.3, -0.25) is 9.59 Å². The summed E-state index contributed by atoms with van der Waals surface area (Å²) >= 11 is 7.62. The molecule has 0 spiro atoms. The van der Waals surface area contributed by atoms with Crippen molar-refractivity contribution in [1.82, 2.24) is 15.2 Å². The number of halogens is 1. The first-order valence-electron chi connectivity index (χ1n) is 9.21. The molecule has 3 rings (SSSR count). The Kier molecular flexibility index (Phi) is 6.50. The maximum atomic E-state index is 12.8. The Hall–Kier alpha value is -1.92. The van der Waals surface area contributed by atoms with E-state index in [4.69, 9.17) is 16.6 Å². The number of hydrogen-bond donors (Lipinski definition) is 1. The minimum absolute atomic E-state index is 0.0168. The molecule has 1 atom stereocenters. The first-order valence-corrected chi connectivity index (χ1v) is 10.5. The lowest BCUT2D eigenvalue weighted by Gasteiger charge is -2.32. The quantitative estimate of drug-likeness (QED) is 0.814. The maximum Gasteiger partial charge on any atom is 0.253 e. The van der Waals surface area contributed by atoms with E-state index in [0.717, 1.165) is 30.1 Å². The molecule has 144 valence electrons. The van der Waals surface area contributed by atoms with Crippen LogP contribution in [0.4, 0.5) is 0 Å². The van der Waals surface area contributed by atoms with E-state index in [1.807, 2.05) is 24.1 Å². The SMILES string of the molecule is CC(C)C(=O)NCc1csc(C2CCCN(C(=O)c3cccc(Cl)c3)C2)n1. The van der Waals surface area contributed by atoms with Crippen molar-refractivity contribution in [2.24, 2.45) is 5.92 Å². The Labute approximate surface area is 168 Å². The van der Waals surface area contributed by atoms with Gasteiger partial charge in [0.1, 0.15) is 0 Å².